The first-order chi connectivity index (χ1) is 8.17. The summed E-state index contributed by atoms with van der Waals surface area (Å²) < 4.78 is 5.35. The van der Waals surface area contributed by atoms with E-state index < -0.39 is 0 Å². The second kappa shape index (κ2) is 7.01. The first kappa shape index (κ1) is 13.6. The molecular weight excluding hydrogens is 222 g/mol. The topological polar surface area (TPSA) is 79.5 Å². The molecule has 0 aliphatic heterocycles. The van der Waals surface area contributed by atoms with Gasteiger partial charge in [0.2, 0.25) is 18.2 Å². The van der Waals surface area contributed by atoms with Crippen molar-refractivity contribution in [3.63, 3.8) is 0 Å². The summed E-state index contributed by atoms with van der Waals surface area (Å²) in [5.41, 5.74) is 0. The van der Waals surface area contributed by atoms with Crippen molar-refractivity contribution in [1.82, 2.24) is 15.3 Å². The van der Waals surface area contributed by atoms with Crippen LogP contribution in [0, 0.1) is 6.92 Å². The van der Waals surface area contributed by atoms with Gasteiger partial charge in [-0.05, 0) is 6.42 Å². The number of hydrogen-bond donors (Lipinski definition) is 1. The Morgan fingerprint density at radius 3 is 2.76 bits per heavy atom. The minimum absolute atomic E-state index is 0.0991. The number of aromatic nitrogens is 2. The normalized spacial score (nSPS) is 12.4. The summed E-state index contributed by atoms with van der Waals surface area (Å²) in [4.78, 5) is 10.4. The van der Waals surface area contributed by atoms with Crippen molar-refractivity contribution in [2.24, 2.45) is 0 Å². The van der Waals surface area contributed by atoms with Gasteiger partial charge in [0.05, 0.1) is 12.5 Å². The van der Waals surface area contributed by atoms with E-state index in [-0.39, 0.29) is 12.5 Å². The van der Waals surface area contributed by atoms with Crippen LogP contribution in [-0.2, 0) is 4.79 Å². The molecule has 0 aliphatic rings. The van der Waals surface area contributed by atoms with Gasteiger partial charge in [-0.25, -0.2) is 5.06 Å². The highest BCUT2D eigenvalue weighted by atomic mass is 16.5. The molecule has 1 aromatic rings. The Labute approximate surface area is 101 Å². The zero-order chi connectivity index (χ0) is 12.7. The Morgan fingerprint density at radius 2 is 2.24 bits per heavy atom. The van der Waals surface area contributed by atoms with E-state index in [4.69, 9.17) is 4.42 Å². The van der Waals surface area contributed by atoms with Crippen LogP contribution in [0.3, 0.4) is 0 Å². The summed E-state index contributed by atoms with van der Waals surface area (Å²) in [5.74, 6) is 0.883. The van der Waals surface area contributed by atoms with Gasteiger partial charge in [0.25, 0.3) is 0 Å². The SMILES string of the molecule is CCCCCC(CN(O)C=O)c1nnc(C)o1. The van der Waals surface area contributed by atoms with Crippen molar-refractivity contribution < 1.29 is 14.4 Å². The van der Waals surface area contributed by atoms with Crippen LogP contribution in [0.5, 0.6) is 0 Å². The average molecular weight is 241 g/mol. The zero-order valence-corrected chi connectivity index (χ0v) is 10.3. The van der Waals surface area contributed by atoms with Gasteiger partial charge in [-0.1, -0.05) is 26.2 Å². The van der Waals surface area contributed by atoms with Gasteiger partial charge in [0.15, 0.2) is 0 Å². The van der Waals surface area contributed by atoms with Gasteiger partial charge in [-0.15, -0.1) is 10.2 Å². The molecule has 1 atom stereocenters. The molecule has 1 heterocycles. The number of amides is 1. The van der Waals surface area contributed by atoms with Crippen LogP contribution in [0.4, 0.5) is 0 Å². The third kappa shape index (κ3) is 4.52. The summed E-state index contributed by atoms with van der Waals surface area (Å²) in [5, 5.41) is 17.6. The minimum atomic E-state index is -0.0991. The average Bonchev–Trinajstić information content (AvgIpc) is 2.74. The summed E-state index contributed by atoms with van der Waals surface area (Å²) in [7, 11) is 0. The number of aryl methyl sites for hydroxylation is 1. The van der Waals surface area contributed by atoms with Crippen molar-refractivity contribution >= 4 is 6.41 Å². The molecule has 0 radical (unpaired) electrons. The molecule has 0 fully saturated rings. The Kier molecular flexibility index (Phi) is 5.62. The van der Waals surface area contributed by atoms with E-state index in [1.807, 2.05) is 0 Å². The fourth-order valence-corrected chi connectivity index (χ4v) is 1.68. The first-order valence-corrected chi connectivity index (χ1v) is 5.88. The molecule has 6 heteroatoms. The lowest BCUT2D eigenvalue weighted by atomic mass is 10.0. The number of carbonyl (C=O) groups is 1. The lowest BCUT2D eigenvalue weighted by Gasteiger charge is -2.16. The van der Waals surface area contributed by atoms with E-state index in [9.17, 15) is 10.0 Å². The second-order valence-corrected chi connectivity index (χ2v) is 4.08. The number of hydrogen-bond acceptors (Lipinski definition) is 5. The molecule has 1 N–H and O–H groups in total. The quantitative estimate of drug-likeness (QED) is 0.325. The van der Waals surface area contributed by atoms with Crippen molar-refractivity contribution in [2.75, 3.05) is 6.54 Å². The van der Waals surface area contributed by atoms with E-state index in [0.29, 0.717) is 23.3 Å². The largest absolute Gasteiger partial charge is 0.425 e. The summed E-state index contributed by atoms with van der Waals surface area (Å²) in [6.45, 7) is 4.03. The second-order valence-electron chi connectivity index (χ2n) is 4.08. The molecule has 96 valence electrons. The third-order valence-corrected chi connectivity index (χ3v) is 2.58. The fourth-order valence-electron chi connectivity index (χ4n) is 1.68. The van der Waals surface area contributed by atoms with Gasteiger partial charge in [-0.2, -0.15) is 0 Å². The van der Waals surface area contributed by atoms with Crippen LogP contribution in [0.2, 0.25) is 0 Å². The predicted octanol–water partition coefficient (Wildman–Crippen LogP) is 1.89. The highest BCUT2D eigenvalue weighted by Gasteiger charge is 2.20. The van der Waals surface area contributed by atoms with Crippen molar-refractivity contribution in [3.05, 3.63) is 11.8 Å². The maximum Gasteiger partial charge on any atom is 0.233 e. The summed E-state index contributed by atoms with van der Waals surface area (Å²) in [6, 6.07) is 0. The van der Waals surface area contributed by atoms with Gasteiger partial charge in [0.1, 0.15) is 0 Å². The molecule has 1 rings (SSSR count). The van der Waals surface area contributed by atoms with Crippen LogP contribution < -0.4 is 0 Å². The zero-order valence-electron chi connectivity index (χ0n) is 10.3. The molecule has 0 bridgehead atoms. The van der Waals surface area contributed by atoms with E-state index in [1.165, 1.54) is 0 Å². The lowest BCUT2D eigenvalue weighted by molar-refractivity contribution is -0.151. The smallest absolute Gasteiger partial charge is 0.233 e. The molecule has 0 saturated carbocycles. The maximum atomic E-state index is 10.4. The fraction of sp³-hybridized carbons (Fsp3) is 0.727. The molecule has 1 aromatic heterocycles. The van der Waals surface area contributed by atoms with Gasteiger partial charge in [-0.3, -0.25) is 10.0 Å². The van der Waals surface area contributed by atoms with Gasteiger partial charge in [0, 0.05) is 6.92 Å². The number of carbonyl (C=O) groups excluding carboxylic acids is 1. The number of rotatable bonds is 8. The molecule has 17 heavy (non-hydrogen) atoms. The van der Waals surface area contributed by atoms with E-state index in [0.717, 1.165) is 25.7 Å². The van der Waals surface area contributed by atoms with Crippen molar-refractivity contribution in [3.8, 4) is 0 Å². The van der Waals surface area contributed by atoms with Crippen molar-refractivity contribution in [2.45, 2.75) is 45.4 Å². The van der Waals surface area contributed by atoms with Gasteiger partial charge >= 0.3 is 0 Å². The first-order valence-electron chi connectivity index (χ1n) is 5.88. The highest BCUT2D eigenvalue weighted by Crippen LogP contribution is 2.22. The van der Waals surface area contributed by atoms with Crippen molar-refractivity contribution in [1.29, 1.82) is 0 Å². The standard InChI is InChI=1S/C11H19N3O3/c1-3-4-5-6-10(7-14(16)8-15)11-13-12-9(2)17-11/h8,10,16H,3-7H2,1-2H3. The van der Waals surface area contributed by atoms with E-state index >= 15 is 0 Å². The molecule has 0 spiro atoms. The van der Waals surface area contributed by atoms with E-state index in [1.54, 1.807) is 6.92 Å². The Morgan fingerprint density at radius 1 is 1.47 bits per heavy atom. The molecular formula is C11H19N3O3. The molecule has 1 amide bonds. The molecule has 1 unspecified atom stereocenters. The highest BCUT2D eigenvalue weighted by molar-refractivity contribution is 5.44. The van der Waals surface area contributed by atoms with Crippen LogP contribution in [0.1, 0.15) is 50.3 Å². The van der Waals surface area contributed by atoms with Crippen LogP contribution in [-0.4, -0.2) is 33.4 Å². The Hall–Kier alpha value is -1.43. The lowest BCUT2D eigenvalue weighted by Crippen LogP contribution is -2.24. The Bertz CT molecular complexity index is 340. The Balaban J connectivity index is 2.61. The summed E-state index contributed by atoms with van der Waals surface area (Å²) in [6.07, 6.45) is 4.44. The summed E-state index contributed by atoms with van der Waals surface area (Å²) >= 11 is 0. The maximum absolute atomic E-state index is 10.4. The molecule has 0 saturated heterocycles. The van der Waals surface area contributed by atoms with Crippen LogP contribution in [0.25, 0.3) is 0 Å². The number of nitrogens with zero attached hydrogens (tertiary/aromatic N) is 3. The predicted molar refractivity (Wildman–Crippen MR) is 60.5 cm³/mol. The minimum Gasteiger partial charge on any atom is -0.425 e. The molecule has 0 aromatic carbocycles. The molecule has 0 aliphatic carbocycles. The van der Waals surface area contributed by atoms with Crippen LogP contribution >= 0.6 is 0 Å². The molecule has 6 nitrogen and oxygen atoms in total. The van der Waals surface area contributed by atoms with E-state index in [2.05, 4.69) is 17.1 Å². The monoisotopic (exact) mass is 241 g/mol. The number of hydroxylamine groups is 2. The van der Waals surface area contributed by atoms with Gasteiger partial charge < -0.3 is 4.42 Å². The third-order valence-electron chi connectivity index (χ3n) is 2.58. The van der Waals surface area contributed by atoms with Crippen LogP contribution in [0.15, 0.2) is 4.42 Å². The number of unbranched alkanes of at least 4 members (excludes halogenated alkanes) is 2.